The molecular weight excluding hydrogens is 250 g/mol. The standard InChI is InChI=1S/C13H12ClN3O/c14-10-6-11(12(15)16-8-10)13(18)17-7-9-4-2-1-3-5-9/h1-6,8H,7H2,(H2,15,16)(H,17,18). The molecule has 0 spiro atoms. The number of carbonyl (C=O) groups is 1. The molecule has 0 radical (unpaired) electrons. The lowest BCUT2D eigenvalue weighted by Gasteiger charge is -2.05. The number of rotatable bonds is 3. The molecule has 1 aromatic heterocycles. The van der Waals surface area contributed by atoms with E-state index in [1.165, 1.54) is 12.3 Å². The molecule has 18 heavy (non-hydrogen) atoms. The third-order valence-electron chi connectivity index (χ3n) is 2.45. The summed E-state index contributed by atoms with van der Waals surface area (Å²) in [5.74, 6) is -0.317. The molecule has 0 atom stereocenters. The number of nitrogens with one attached hydrogen (secondary N) is 3. The van der Waals surface area contributed by atoms with Gasteiger partial charge in [0.2, 0.25) is 0 Å². The van der Waals surface area contributed by atoms with E-state index in [0.29, 0.717) is 11.6 Å². The van der Waals surface area contributed by atoms with Crippen molar-refractivity contribution in [2.24, 2.45) is 0 Å². The maximum Gasteiger partial charge on any atom is 0.255 e. The molecule has 4 nitrogen and oxygen atoms in total. The highest BCUT2D eigenvalue weighted by Crippen LogP contribution is 2.05. The Morgan fingerprint density at radius 2 is 2.06 bits per heavy atom. The summed E-state index contributed by atoms with van der Waals surface area (Å²) in [6.45, 7) is 0.422. The first-order chi connectivity index (χ1) is 8.66. The van der Waals surface area contributed by atoms with Crippen molar-refractivity contribution < 1.29 is 4.79 Å². The predicted molar refractivity (Wildman–Crippen MR) is 69.3 cm³/mol. The smallest absolute Gasteiger partial charge is 0.255 e. The fourth-order valence-corrected chi connectivity index (χ4v) is 1.69. The fraction of sp³-hybridized carbons (Fsp3) is 0.0769. The number of halogens is 1. The van der Waals surface area contributed by atoms with E-state index in [0.717, 1.165) is 5.56 Å². The van der Waals surface area contributed by atoms with Gasteiger partial charge in [-0.15, -0.1) is 0 Å². The molecule has 0 unspecified atom stereocenters. The van der Waals surface area contributed by atoms with Crippen LogP contribution in [0.2, 0.25) is 5.02 Å². The predicted octanol–water partition coefficient (Wildman–Crippen LogP) is 2.08. The number of aromatic nitrogens is 1. The largest absolute Gasteiger partial charge is 0.348 e. The van der Waals surface area contributed by atoms with Gasteiger partial charge < -0.3 is 10.3 Å². The van der Waals surface area contributed by atoms with E-state index in [-0.39, 0.29) is 17.0 Å². The monoisotopic (exact) mass is 261 g/mol. The van der Waals surface area contributed by atoms with Gasteiger partial charge in [0.25, 0.3) is 5.91 Å². The molecule has 2 rings (SSSR count). The Morgan fingerprint density at radius 3 is 2.78 bits per heavy atom. The van der Waals surface area contributed by atoms with E-state index < -0.39 is 0 Å². The lowest BCUT2D eigenvalue weighted by molar-refractivity contribution is 0.0949. The van der Waals surface area contributed by atoms with Crippen LogP contribution in [-0.4, -0.2) is 10.9 Å². The highest BCUT2D eigenvalue weighted by molar-refractivity contribution is 6.30. The third-order valence-corrected chi connectivity index (χ3v) is 2.66. The number of hydrogen-bond donors (Lipinski definition) is 3. The quantitative estimate of drug-likeness (QED) is 0.778. The van der Waals surface area contributed by atoms with E-state index in [1.807, 2.05) is 30.3 Å². The van der Waals surface area contributed by atoms with E-state index >= 15 is 0 Å². The number of amides is 1. The summed E-state index contributed by atoms with van der Waals surface area (Å²) in [5.41, 5.74) is 1.28. The first kappa shape index (κ1) is 12.4. The molecule has 0 saturated carbocycles. The second-order valence-corrected chi connectivity index (χ2v) is 4.21. The minimum Gasteiger partial charge on any atom is -0.348 e. The number of H-pyrrole nitrogens is 1. The molecule has 1 aromatic carbocycles. The normalized spacial score (nSPS) is 10.1. The van der Waals surface area contributed by atoms with E-state index in [1.54, 1.807) is 0 Å². The third kappa shape index (κ3) is 2.99. The second kappa shape index (κ2) is 5.51. The molecule has 0 aliphatic carbocycles. The summed E-state index contributed by atoms with van der Waals surface area (Å²) in [4.78, 5) is 14.5. The van der Waals surface area contributed by atoms with Crippen LogP contribution >= 0.6 is 11.6 Å². The van der Waals surface area contributed by atoms with Crippen molar-refractivity contribution in [3.63, 3.8) is 0 Å². The van der Waals surface area contributed by atoms with Crippen molar-refractivity contribution in [2.75, 3.05) is 0 Å². The maximum absolute atomic E-state index is 11.9. The Morgan fingerprint density at radius 1 is 1.33 bits per heavy atom. The van der Waals surface area contributed by atoms with Crippen LogP contribution in [0.25, 0.3) is 0 Å². The van der Waals surface area contributed by atoms with Crippen molar-refractivity contribution in [3.8, 4) is 0 Å². The van der Waals surface area contributed by atoms with E-state index in [9.17, 15) is 4.79 Å². The Bertz CT molecular complexity index is 607. The molecular formula is C13H12ClN3O. The fourth-order valence-electron chi connectivity index (χ4n) is 1.52. The lowest BCUT2D eigenvalue weighted by atomic mass is 10.2. The SMILES string of the molecule is N=c1[nH]cc(Cl)cc1C(=O)NCc1ccccc1. The van der Waals surface area contributed by atoms with E-state index in [2.05, 4.69) is 10.3 Å². The molecule has 3 N–H and O–H groups in total. The van der Waals surface area contributed by atoms with E-state index in [4.69, 9.17) is 17.0 Å². The van der Waals surface area contributed by atoms with Gasteiger partial charge in [0.1, 0.15) is 5.49 Å². The zero-order valence-corrected chi connectivity index (χ0v) is 10.3. The zero-order valence-electron chi connectivity index (χ0n) is 9.53. The molecule has 0 saturated heterocycles. The first-order valence-corrected chi connectivity index (χ1v) is 5.79. The van der Waals surface area contributed by atoms with Gasteiger partial charge >= 0.3 is 0 Å². The number of carbonyl (C=O) groups excluding carboxylic acids is 1. The number of hydrogen-bond acceptors (Lipinski definition) is 2. The van der Waals surface area contributed by atoms with Gasteiger partial charge in [0, 0.05) is 12.7 Å². The van der Waals surface area contributed by atoms with Crippen LogP contribution in [0.15, 0.2) is 42.6 Å². The molecule has 1 amide bonds. The van der Waals surface area contributed by atoms with Crippen molar-refractivity contribution in [1.29, 1.82) is 5.41 Å². The van der Waals surface area contributed by atoms with Gasteiger partial charge in [-0.3, -0.25) is 10.2 Å². The second-order valence-electron chi connectivity index (χ2n) is 3.77. The summed E-state index contributed by atoms with van der Waals surface area (Å²) in [5, 5.41) is 10.8. The Balaban J connectivity index is 2.09. The van der Waals surface area contributed by atoms with Gasteiger partial charge in [0.05, 0.1) is 10.6 Å². The highest BCUT2D eigenvalue weighted by Gasteiger charge is 2.08. The van der Waals surface area contributed by atoms with Crippen LogP contribution in [0.5, 0.6) is 0 Å². The Labute approximate surface area is 109 Å². The molecule has 0 bridgehead atoms. The van der Waals surface area contributed by atoms with Crippen molar-refractivity contribution in [2.45, 2.75) is 6.54 Å². The number of benzene rings is 1. The molecule has 0 aliphatic rings. The van der Waals surface area contributed by atoms with Gasteiger partial charge in [-0.25, -0.2) is 0 Å². The van der Waals surface area contributed by atoms with Gasteiger partial charge in [-0.05, 0) is 11.6 Å². The van der Waals surface area contributed by atoms with Crippen molar-refractivity contribution in [3.05, 3.63) is 64.2 Å². The van der Waals surface area contributed by atoms with Crippen LogP contribution in [0.1, 0.15) is 15.9 Å². The summed E-state index contributed by atoms with van der Waals surface area (Å²) in [6.07, 6.45) is 1.47. The summed E-state index contributed by atoms with van der Waals surface area (Å²) < 4.78 is 0. The average molecular weight is 262 g/mol. The van der Waals surface area contributed by atoms with Crippen LogP contribution in [0.4, 0.5) is 0 Å². The zero-order chi connectivity index (χ0) is 13.0. The van der Waals surface area contributed by atoms with Gasteiger partial charge in [0.15, 0.2) is 0 Å². The Kier molecular flexibility index (Phi) is 3.79. The van der Waals surface area contributed by atoms with Crippen LogP contribution in [-0.2, 0) is 6.54 Å². The number of aromatic amines is 1. The first-order valence-electron chi connectivity index (χ1n) is 5.42. The minimum absolute atomic E-state index is 0.0463. The summed E-state index contributed by atoms with van der Waals surface area (Å²) in [7, 11) is 0. The maximum atomic E-state index is 11.9. The van der Waals surface area contributed by atoms with Gasteiger partial charge in [-0.2, -0.15) is 0 Å². The highest BCUT2D eigenvalue weighted by atomic mass is 35.5. The lowest BCUT2D eigenvalue weighted by Crippen LogP contribution is -2.29. The van der Waals surface area contributed by atoms with Crippen molar-refractivity contribution >= 4 is 17.5 Å². The molecule has 1 heterocycles. The molecule has 92 valence electrons. The number of pyridine rings is 1. The minimum atomic E-state index is -0.317. The van der Waals surface area contributed by atoms with Crippen LogP contribution in [0, 0.1) is 5.41 Å². The average Bonchev–Trinajstić information content (AvgIpc) is 2.40. The topological polar surface area (TPSA) is 68.7 Å². The molecule has 2 aromatic rings. The van der Waals surface area contributed by atoms with Crippen molar-refractivity contribution in [1.82, 2.24) is 10.3 Å². The molecule has 5 heteroatoms. The van der Waals surface area contributed by atoms with Crippen LogP contribution < -0.4 is 10.8 Å². The van der Waals surface area contributed by atoms with Gasteiger partial charge in [-0.1, -0.05) is 41.9 Å². The summed E-state index contributed by atoms with van der Waals surface area (Å²) in [6, 6.07) is 11.0. The molecule has 0 fully saturated rings. The Hall–Kier alpha value is -2.07. The molecule has 0 aliphatic heterocycles. The van der Waals surface area contributed by atoms with Crippen LogP contribution in [0.3, 0.4) is 0 Å². The summed E-state index contributed by atoms with van der Waals surface area (Å²) >= 11 is 5.78.